The van der Waals surface area contributed by atoms with Gasteiger partial charge in [-0.1, -0.05) is 23.7 Å². The molecule has 26 heavy (non-hydrogen) atoms. The summed E-state index contributed by atoms with van der Waals surface area (Å²) in [5.41, 5.74) is 1.59. The van der Waals surface area contributed by atoms with Crippen molar-refractivity contribution in [3.8, 4) is 17.2 Å². The number of methoxy groups -OCH3 is 1. The largest absolute Gasteiger partial charge is 0.502 e. The van der Waals surface area contributed by atoms with Gasteiger partial charge in [0.25, 0.3) is 5.91 Å². The number of phenolic OH excluding ortho intramolecular Hbond substituents is 1. The second-order valence-electron chi connectivity index (χ2n) is 4.85. The lowest BCUT2D eigenvalue weighted by Gasteiger charge is -2.09. The smallest absolute Gasteiger partial charge is 0.312 e. The van der Waals surface area contributed by atoms with E-state index in [2.05, 4.69) is 10.5 Å². The van der Waals surface area contributed by atoms with Gasteiger partial charge in [-0.05, 0) is 18.2 Å². The first-order valence-corrected chi connectivity index (χ1v) is 7.54. The Kier molecular flexibility index (Phi) is 6.34. The normalized spacial score (nSPS) is 10.5. The first-order valence-electron chi connectivity index (χ1n) is 7.17. The van der Waals surface area contributed by atoms with E-state index in [1.54, 1.807) is 24.3 Å². The maximum absolute atomic E-state index is 11.7. The first kappa shape index (κ1) is 19.0. The third-order valence-corrected chi connectivity index (χ3v) is 3.32. The molecule has 2 aromatic rings. The number of ether oxygens (including phenoxy) is 2. The van der Waals surface area contributed by atoms with E-state index in [4.69, 9.17) is 21.1 Å². The van der Waals surface area contributed by atoms with Gasteiger partial charge in [0.1, 0.15) is 0 Å². The summed E-state index contributed by atoms with van der Waals surface area (Å²) >= 11 is 5.76. The molecule has 0 aliphatic rings. The van der Waals surface area contributed by atoms with Crippen LogP contribution < -0.4 is 14.9 Å². The minimum Gasteiger partial charge on any atom is -0.502 e. The molecule has 2 aromatic carbocycles. The Balaban J connectivity index is 1.98. The van der Waals surface area contributed by atoms with Gasteiger partial charge in [-0.25, -0.2) is 5.43 Å². The monoisotopic (exact) mass is 379 g/mol. The predicted octanol–water partition coefficient (Wildman–Crippen LogP) is 2.49. The number of hydrazone groups is 1. The van der Waals surface area contributed by atoms with Crippen molar-refractivity contribution in [1.29, 1.82) is 0 Å². The average Bonchev–Trinajstić information content (AvgIpc) is 2.62. The van der Waals surface area contributed by atoms with Crippen molar-refractivity contribution in [3.05, 3.63) is 57.1 Å². The number of phenols is 1. The second kappa shape index (κ2) is 8.67. The number of amides is 1. The molecule has 0 aromatic heterocycles. The zero-order valence-electron chi connectivity index (χ0n) is 13.5. The van der Waals surface area contributed by atoms with E-state index in [-0.39, 0.29) is 17.2 Å². The number of benzene rings is 2. The van der Waals surface area contributed by atoms with E-state index in [0.29, 0.717) is 11.5 Å². The van der Waals surface area contributed by atoms with E-state index < -0.39 is 22.3 Å². The molecule has 0 spiro atoms. The van der Waals surface area contributed by atoms with Crippen molar-refractivity contribution in [1.82, 2.24) is 5.43 Å². The number of nitrogens with zero attached hydrogens (tertiary/aromatic N) is 2. The summed E-state index contributed by atoms with van der Waals surface area (Å²) in [6, 6.07) is 9.08. The molecule has 0 bridgehead atoms. The molecule has 2 rings (SSSR count). The number of carbonyl (C=O) groups is 1. The lowest BCUT2D eigenvalue weighted by Crippen LogP contribution is -2.24. The van der Waals surface area contributed by atoms with Crippen LogP contribution in [0.5, 0.6) is 17.2 Å². The third kappa shape index (κ3) is 4.84. The van der Waals surface area contributed by atoms with Gasteiger partial charge in [-0.2, -0.15) is 5.10 Å². The van der Waals surface area contributed by atoms with E-state index in [0.717, 1.165) is 12.3 Å². The molecule has 0 fully saturated rings. The molecule has 136 valence electrons. The summed E-state index contributed by atoms with van der Waals surface area (Å²) < 4.78 is 10.4. The Morgan fingerprint density at radius 2 is 2.08 bits per heavy atom. The van der Waals surface area contributed by atoms with Gasteiger partial charge in [0.15, 0.2) is 18.1 Å². The van der Waals surface area contributed by atoms with Gasteiger partial charge in [-0.15, -0.1) is 0 Å². The predicted molar refractivity (Wildman–Crippen MR) is 94.0 cm³/mol. The van der Waals surface area contributed by atoms with Gasteiger partial charge in [-0.3, -0.25) is 14.9 Å². The molecule has 0 saturated heterocycles. The molecule has 0 saturated carbocycles. The van der Waals surface area contributed by atoms with E-state index >= 15 is 0 Å². The molecule has 0 unspecified atom stereocenters. The van der Waals surface area contributed by atoms with Crippen LogP contribution in [0.15, 0.2) is 41.5 Å². The minimum absolute atomic E-state index is 0.0184. The number of hydrogen-bond donors (Lipinski definition) is 2. The van der Waals surface area contributed by atoms with Crippen LogP contribution in [0.2, 0.25) is 5.02 Å². The Hall–Kier alpha value is -3.33. The van der Waals surface area contributed by atoms with Gasteiger partial charge in [0.2, 0.25) is 5.75 Å². The summed E-state index contributed by atoms with van der Waals surface area (Å²) in [6.45, 7) is -0.334. The van der Waals surface area contributed by atoms with Crippen LogP contribution in [0.1, 0.15) is 5.56 Å². The van der Waals surface area contributed by atoms with Crippen molar-refractivity contribution in [3.63, 3.8) is 0 Å². The number of hydrogen-bond acceptors (Lipinski definition) is 7. The Morgan fingerprint density at radius 3 is 2.73 bits per heavy atom. The zero-order valence-corrected chi connectivity index (χ0v) is 14.3. The van der Waals surface area contributed by atoms with Crippen LogP contribution >= 0.6 is 11.6 Å². The maximum atomic E-state index is 11.7. The second-order valence-corrected chi connectivity index (χ2v) is 5.29. The summed E-state index contributed by atoms with van der Waals surface area (Å²) in [4.78, 5) is 21.8. The Morgan fingerprint density at radius 1 is 1.38 bits per heavy atom. The molecular weight excluding hydrogens is 366 g/mol. The van der Waals surface area contributed by atoms with Crippen molar-refractivity contribution in [2.45, 2.75) is 0 Å². The summed E-state index contributed by atoms with van der Waals surface area (Å²) in [5.74, 6) is -0.331. The van der Waals surface area contributed by atoms with Crippen molar-refractivity contribution >= 4 is 29.4 Å². The van der Waals surface area contributed by atoms with Crippen LogP contribution in [0.3, 0.4) is 0 Å². The number of halogens is 1. The first-order chi connectivity index (χ1) is 12.4. The number of carbonyl (C=O) groups excluding carboxylic acids is 1. The number of nitro benzene ring substituents is 1. The van der Waals surface area contributed by atoms with Gasteiger partial charge >= 0.3 is 5.69 Å². The van der Waals surface area contributed by atoms with Gasteiger partial charge in [0.05, 0.1) is 18.2 Å². The molecule has 9 nitrogen and oxygen atoms in total. The molecule has 1 amide bonds. The van der Waals surface area contributed by atoms with E-state index in [9.17, 15) is 20.0 Å². The van der Waals surface area contributed by atoms with E-state index in [1.165, 1.54) is 13.2 Å². The summed E-state index contributed by atoms with van der Waals surface area (Å²) in [6.07, 6.45) is 1.04. The van der Waals surface area contributed by atoms with Crippen LogP contribution in [0, 0.1) is 10.1 Å². The molecule has 0 atom stereocenters. The van der Waals surface area contributed by atoms with Gasteiger partial charge in [0, 0.05) is 16.7 Å². The highest BCUT2D eigenvalue weighted by molar-refractivity contribution is 6.31. The van der Waals surface area contributed by atoms with Crippen LogP contribution in [-0.4, -0.2) is 35.9 Å². The van der Waals surface area contributed by atoms with Crippen molar-refractivity contribution in [2.24, 2.45) is 5.10 Å². The molecule has 10 heteroatoms. The van der Waals surface area contributed by atoms with Crippen LogP contribution in [0.25, 0.3) is 0 Å². The number of nitrogens with one attached hydrogen (secondary N) is 1. The molecule has 0 aliphatic heterocycles. The van der Waals surface area contributed by atoms with Crippen molar-refractivity contribution < 1.29 is 24.3 Å². The number of para-hydroxylation sites is 2. The fourth-order valence-corrected chi connectivity index (χ4v) is 2.15. The highest BCUT2D eigenvalue weighted by Crippen LogP contribution is 2.32. The zero-order chi connectivity index (χ0) is 19.1. The Labute approximate surface area is 153 Å². The molecule has 2 N–H and O–H groups in total. The van der Waals surface area contributed by atoms with Crippen LogP contribution in [-0.2, 0) is 4.79 Å². The third-order valence-electron chi connectivity index (χ3n) is 3.10. The minimum atomic E-state index is -0.780. The lowest BCUT2D eigenvalue weighted by atomic mass is 10.2. The standard InChI is InChI=1S/C16H14ClN3O6/c1-25-13-4-2-3-5-14(13)26-9-15(21)19-18-8-10-6-11(17)7-12(16(10)22)20(23)24/h2-8,22H,9H2,1H3,(H,19,21)/b18-8+. The quantitative estimate of drug-likeness (QED) is 0.432. The van der Waals surface area contributed by atoms with Crippen LogP contribution in [0.4, 0.5) is 5.69 Å². The molecule has 0 aliphatic carbocycles. The number of aromatic hydroxyl groups is 1. The lowest BCUT2D eigenvalue weighted by molar-refractivity contribution is -0.385. The topological polar surface area (TPSA) is 123 Å². The Bertz CT molecular complexity index is 856. The fraction of sp³-hybridized carbons (Fsp3) is 0.125. The average molecular weight is 380 g/mol. The fourth-order valence-electron chi connectivity index (χ4n) is 1.93. The highest BCUT2D eigenvalue weighted by Gasteiger charge is 2.17. The molecular formula is C16H14ClN3O6. The van der Waals surface area contributed by atoms with Crippen molar-refractivity contribution in [2.75, 3.05) is 13.7 Å². The number of nitro groups is 1. The van der Waals surface area contributed by atoms with Gasteiger partial charge < -0.3 is 14.6 Å². The molecule has 0 radical (unpaired) electrons. The summed E-state index contributed by atoms with van der Waals surface area (Å²) in [7, 11) is 1.48. The SMILES string of the molecule is COc1ccccc1OCC(=O)N/N=C/c1cc(Cl)cc([N+](=O)[O-])c1O. The number of rotatable bonds is 7. The summed E-state index contributed by atoms with van der Waals surface area (Å²) in [5, 5.41) is 24.3. The molecule has 0 heterocycles. The van der Waals surface area contributed by atoms with E-state index in [1.807, 2.05) is 0 Å². The maximum Gasteiger partial charge on any atom is 0.312 e. The highest BCUT2D eigenvalue weighted by atomic mass is 35.5.